The number of nitrogens with one attached hydrogen (secondary N) is 1. The number of halogens is 3. The number of carbonyl (C=O) groups is 1. The normalized spacial score (nSPS) is 10.3. The van der Waals surface area contributed by atoms with Gasteiger partial charge in [-0.05, 0) is 42.3 Å². The number of alkyl halides is 1. The van der Waals surface area contributed by atoms with Crippen molar-refractivity contribution < 1.29 is 4.79 Å². The van der Waals surface area contributed by atoms with Gasteiger partial charge in [0.25, 0.3) is 5.91 Å². The molecule has 0 aromatic heterocycles. The summed E-state index contributed by atoms with van der Waals surface area (Å²) in [6, 6.07) is 13.1. The van der Waals surface area contributed by atoms with Crippen molar-refractivity contribution in [1.82, 2.24) is 0 Å². The highest BCUT2D eigenvalue weighted by molar-refractivity contribution is 9.11. The minimum atomic E-state index is -0.142. The molecule has 5 heteroatoms. The zero-order valence-electron chi connectivity index (χ0n) is 10.5. The molecular weight excluding hydrogens is 405 g/mol. The molecule has 0 radical (unpaired) electrons. The van der Waals surface area contributed by atoms with Crippen LogP contribution in [0.5, 0.6) is 0 Å². The third kappa shape index (κ3) is 4.33. The molecule has 2 rings (SSSR count). The van der Waals surface area contributed by atoms with E-state index < -0.39 is 0 Å². The predicted molar refractivity (Wildman–Crippen MR) is 90.7 cm³/mol. The molecule has 0 saturated heterocycles. The lowest BCUT2D eigenvalue weighted by Gasteiger charge is -2.07. The number of aryl methyl sites for hydroxylation is 1. The number of carbonyl (C=O) groups excluding carboxylic acids is 1. The molecular formula is C15H12Br2ClNO. The van der Waals surface area contributed by atoms with E-state index in [1.54, 1.807) is 12.1 Å². The highest BCUT2D eigenvalue weighted by Gasteiger charge is 2.08. The van der Waals surface area contributed by atoms with Crippen LogP contribution in [0.2, 0.25) is 0 Å². The Labute approximate surface area is 139 Å². The van der Waals surface area contributed by atoms with Crippen molar-refractivity contribution in [3.63, 3.8) is 0 Å². The van der Waals surface area contributed by atoms with Gasteiger partial charge in [-0.25, -0.2) is 0 Å². The smallest absolute Gasteiger partial charge is 0.255 e. The maximum absolute atomic E-state index is 12.2. The maximum Gasteiger partial charge on any atom is 0.255 e. The van der Waals surface area contributed by atoms with E-state index in [4.69, 9.17) is 11.6 Å². The van der Waals surface area contributed by atoms with Gasteiger partial charge in [-0.15, -0.1) is 11.6 Å². The molecule has 0 aliphatic carbocycles. The van der Waals surface area contributed by atoms with Gasteiger partial charge >= 0.3 is 0 Å². The van der Waals surface area contributed by atoms with E-state index in [1.165, 1.54) is 0 Å². The summed E-state index contributed by atoms with van der Waals surface area (Å²) in [6.45, 7) is 0. The highest BCUT2D eigenvalue weighted by atomic mass is 79.9. The summed E-state index contributed by atoms with van der Waals surface area (Å²) in [5.41, 5.74) is 2.52. The van der Waals surface area contributed by atoms with Crippen molar-refractivity contribution in [1.29, 1.82) is 0 Å². The Morgan fingerprint density at radius 2 is 1.65 bits per heavy atom. The molecule has 20 heavy (non-hydrogen) atoms. The number of hydrogen-bond acceptors (Lipinski definition) is 1. The number of hydrogen-bond donors (Lipinski definition) is 1. The second kappa shape index (κ2) is 7.25. The SMILES string of the molecule is O=C(Nc1ccc(CCCl)cc1)c1cc(Br)cc(Br)c1. The van der Waals surface area contributed by atoms with Crippen LogP contribution in [0, 0.1) is 0 Å². The molecule has 1 amide bonds. The Hall–Kier alpha value is -0.840. The van der Waals surface area contributed by atoms with E-state index >= 15 is 0 Å². The van der Waals surface area contributed by atoms with Gasteiger partial charge < -0.3 is 5.32 Å². The zero-order chi connectivity index (χ0) is 14.5. The summed E-state index contributed by atoms with van der Waals surface area (Å²) in [4.78, 5) is 12.2. The molecule has 0 saturated carbocycles. The van der Waals surface area contributed by atoms with Gasteiger partial charge in [-0.2, -0.15) is 0 Å². The molecule has 0 aliphatic heterocycles. The van der Waals surface area contributed by atoms with E-state index in [2.05, 4.69) is 37.2 Å². The number of rotatable bonds is 4. The summed E-state index contributed by atoms with van der Waals surface area (Å²) >= 11 is 12.4. The largest absolute Gasteiger partial charge is 0.322 e. The van der Waals surface area contributed by atoms with Gasteiger partial charge in [-0.3, -0.25) is 4.79 Å². The Balaban J connectivity index is 2.10. The van der Waals surface area contributed by atoms with Crippen molar-refractivity contribution in [3.8, 4) is 0 Å². The first-order valence-electron chi connectivity index (χ1n) is 6.01. The zero-order valence-corrected chi connectivity index (χ0v) is 14.4. The van der Waals surface area contributed by atoms with Crippen molar-refractivity contribution >= 4 is 55.1 Å². The van der Waals surface area contributed by atoms with Crippen LogP contribution in [-0.2, 0) is 6.42 Å². The molecule has 1 N–H and O–H groups in total. The van der Waals surface area contributed by atoms with Crippen molar-refractivity contribution in [3.05, 3.63) is 62.5 Å². The summed E-state index contributed by atoms with van der Waals surface area (Å²) in [6.07, 6.45) is 0.828. The molecule has 0 aliphatic rings. The van der Waals surface area contributed by atoms with Gasteiger partial charge in [-0.1, -0.05) is 44.0 Å². The van der Waals surface area contributed by atoms with Gasteiger partial charge in [0, 0.05) is 26.1 Å². The number of amides is 1. The minimum Gasteiger partial charge on any atom is -0.322 e. The van der Waals surface area contributed by atoms with Gasteiger partial charge in [0.2, 0.25) is 0 Å². The van der Waals surface area contributed by atoms with E-state index in [0.717, 1.165) is 26.6 Å². The van der Waals surface area contributed by atoms with Crippen LogP contribution < -0.4 is 5.32 Å². The van der Waals surface area contributed by atoms with Crippen LogP contribution in [-0.4, -0.2) is 11.8 Å². The average molecular weight is 418 g/mol. The first-order chi connectivity index (χ1) is 9.58. The molecule has 2 aromatic carbocycles. The van der Waals surface area contributed by atoms with Crippen molar-refractivity contribution in [2.75, 3.05) is 11.2 Å². The topological polar surface area (TPSA) is 29.1 Å². The van der Waals surface area contributed by atoms with E-state index in [-0.39, 0.29) is 5.91 Å². The van der Waals surface area contributed by atoms with E-state index in [9.17, 15) is 4.79 Å². The van der Waals surface area contributed by atoms with Gasteiger partial charge in [0.1, 0.15) is 0 Å². The van der Waals surface area contributed by atoms with Crippen LogP contribution in [0.3, 0.4) is 0 Å². The van der Waals surface area contributed by atoms with E-state index in [1.807, 2.05) is 30.3 Å². The first-order valence-corrected chi connectivity index (χ1v) is 8.13. The molecule has 0 bridgehead atoms. The van der Waals surface area contributed by atoms with Crippen LogP contribution in [0.25, 0.3) is 0 Å². The van der Waals surface area contributed by atoms with Gasteiger partial charge in [0.15, 0.2) is 0 Å². The van der Waals surface area contributed by atoms with Gasteiger partial charge in [0.05, 0.1) is 0 Å². The number of benzene rings is 2. The number of anilines is 1. The summed E-state index contributed by atoms with van der Waals surface area (Å²) < 4.78 is 1.71. The molecule has 0 heterocycles. The summed E-state index contributed by atoms with van der Waals surface area (Å²) in [5.74, 6) is 0.453. The van der Waals surface area contributed by atoms with Crippen LogP contribution in [0.4, 0.5) is 5.69 Å². The second-order valence-corrected chi connectivity index (χ2v) is 6.46. The third-order valence-corrected chi connectivity index (χ3v) is 3.82. The maximum atomic E-state index is 12.2. The summed E-state index contributed by atoms with van der Waals surface area (Å²) in [7, 11) is 0. The lowest BCUT2D eigenvalue weighted by atomic mass is 10.1. The Kier molecular flexibility index (Phi) is 5.64. The molecule has 0 atom stereocenters. The van der Waals surface area contributed by atoms with Crippen molar-refractivity contribution in [2.45, 2.75) is 6.42 Å². The molecule has 0 fully saturated rings. The average Bonchev–Trinajstić information content (AvgIpc) is 2.40. The molecule has 104 valence electrons. The van der Waals surface area contributed by atoms with Crippen LogP contribution >= 0.6 is 43.5 Å². The molecule has 2 aromatic rings. The molecule has 0 unspecified atom stereocenters. The first kappa shape index (κ1) is 15.5. The van der Waals surface area contributed by atoms with Crippen LogP contribution in [0.15, 0.2) is 51.4 Å². The quantitative estimate of drug-likeness (QED) is 0.677. The monoisotopic (exact) mass is 415 g/mol. The standard InChI is InChI=1S/C15H12Br2ClNO/c16-12-7-11(8-13(17)9-12)15(20)19-14-3-1-10(2-4-14)5-6-18/h1-4,7-9H,5-6H2,(H,19,20). The fourth-order valence-corrected chi connectivity index (χ4v) is 3.26. The lowest BCUT2D eigenvalue weighted by molar-refractivity contribution is 0.102. The fourth-order valence-electron chi connectivity index (χ4n) is 1.75. The second-order valence-electron chi connectivity index (χ2n) is 4.25. The molecule has 2 nitrogen and oxygen atoms in total. The predicted octanol–water partition coefficient (Wildman–Crippen LogP) is 5.25. The Bertz CT molecular complexity index is 594. The van der Waals surface area contributed by atoms with Crippen LogP contribution in [0.1, 0.15) is 15.9 Å². The summed E-state index contributed by atoms with van der Waals surface area (Å²) in [5, 5.41) is 2.87. The third-order valence-electron chi connectivity index (χ3n) is 2.72. The molecule has 0 spiro atoms. The Morgan fingerprint density at radius 1 is 1.05 bits per heavy atom. The fraction of sp³-hybridized carbons (Fsp3) is 0.133. The highest BCUT2D eigenvalue weighted by Crippen LogP contribution is 2.21. The van der Waals surface area contributed by atoms with Crippen molar-refractivity contribution in [2.24, 2.45) is 0 Å². The minimum absolute atomic E-state index is 0.142. The lowest BCUT2D eigenvalue weighted by Crippen LogP contribution is -2.11. The Morgan fingerprint density at radius 3 is 2.20 bits per heavy atom. The van der Waals surface area contributed by atoms with E-state index in [0.29, 0.717) is 11.4 Å².